The highest BCUT2D eigenvalue weighted by atomic mass is 32.1. The Morgan fingerprint density at radius 1 is 1.16 bits per heavy atom. The molecule has 164 valence electrons. The van der Waals surface area contributed by atoms with Crippen LogP contribution in [0.1, 0.15) is 31.1 Å². The molecule has 3 aromatic heterocycles. The third kappa shape index (κ3) is 4.84. The van der Waals surface area contributed by atoms with E-state index in [2.05, 4.69) is 38.3 Å². The van der Waals surface area contributed by atoms with Crippen molar-refractivity contribution in [3.8, 4) is 0 Å². The quantitative estimate of drug-likeness (QED) is 0.605. The maximum atomic E-state index is 12.6. The van der Waals surface area contributed by atoms with Crippen molar-refractivity contribution in [1.29, 1.82) is 0 Å². The fourth-order valence-corrected chi connectivity index (χ4v) is 4.68. The number of carbonyl (C=O) groups is 2. The van der Waals surface area contributed by atoms with Crippen LogP contribution in [0.2, 0.25) is 0 Å². The van der Waals surface area contributed by atoms with Crippen molar-refractivity contribution in [2.75, 3.05) is 36.4 Å². The summed E-state index contributed by atoms with van der Waals surface area (Å²) in [5, 5.41) is 7.93. The Morgan fingerprint density at radius 3 is 2.68 bits per heavy atom. The Bertz CT molecular complexity index is 1070. The van der Waals surface area contributed by atoms with Gasteiger partial charge in [-0.1, -0.05) is 6.92 Å². The molecule has 0 atom stereocenters. The number of hydrogen-bond donors (Lipinski definition) is 1. The lowest BCUT2D eigenvalue weighted by molar-refractivity contribution is -0.131. The number of fused-ring (bicyclic) bond motifs is 1. The zero-order chi connectivity index (χ0) is 21.8. The van der Waals surface area contributed by atoms with Gasteiger partial charge in [-0.3, -0.25) is 14.3 Å². The number of nitrogens with one attached hydrogen (secondary N) is 1. The van der Waals surface area contributed by atoms with Gasteiger partial charge < -0.3 is 15.1 Å². The van der Waals surface area contributed by atoms with Crippen LogP contribution < -0.4 is 10.2 Å². The zero-order valence-corrected chi connectivity index (χ0v) is 18.7. The summed E-state index contributed by atoms with van der Waals surface area (Å²) in [5.41, 5.74) is 0. The number of amides is 2. The van der Waals surface area contributed by atoms with Crippen molar-refractivity contribution in [2.24, 2.45) is 7.05 Å². The van der Waals surface area contributed by atoms with E-state index in [9.17, 15) is 9.59 Å². The predicted octanol–water partition coefficient (Wildman–Crippen LogP) is 2.44. The first-order chi connectivity index (χ1) is 15.0. The summed E-state index contributed by atoms with van der Waals surface area (Å²) in [7, 11) is 1.77. The van der Waals surface area contributed by atoms with Crippen LogP contribution in [-0.2, 0) is 23.1 Å². The first-order valence-corrected chi connectivity index (χ1v) is 11.4. The first-order valence-electron chi connectivity index (χ1n) is 10.6. The second-order valence-corrected chi connectivity index (χ2v) is 8.71. The van der Waals surface area contributed by atoms with Gasteiger partial charge >= 0.3 is 0 Å². The lowest BCUT2D eigenvalue weighted by Gasteiger charge is -2.35. The molecule has 0 radical (unpaired) electrons. The van der Waals surface area contributed by atoms with Crippen molar-refractivity contribution in [2.45, 2.75) is 32.6 Å². The lowest BCUT2D eigenvalue weighted by Crippen LogP contribution is -2.49. The molecule has 1 saturated heterocycles. The van der Waals surface area contributed by atoms with Gasteiger partial charge in [0, 0.05) is 57.0 Å². The van der Waals surface area contributed by atoms with Crippen LogP contribution in [-0.4, -0.2) is 62.6 Å². The highest BCUT2D eigenvalue weighted by Gasteiger charge is 2.23. The molecular formula is C21H27N7O2S. The molecule has 31 heavy (non-hydrogen) atoms. The maximum absolute atomic E-state index is 12.6. The van der Waals surface area contributed by atoms with Gasteiger partial charge in [-0.15, -0.1) is 11.3 Å². The molecule has 0 saturated carbocycles. The Balaban J connectivity index is 1.25. The molecule has 0 spiro atoms. The third-order valence-electron chi connectivity index (χ3n) is 5.52. The Kier molecular flexibility index (Phi) is 6.45. The van der Waals surface area contributed by atoms with Crippen molar-refractivity contribution < 1.29 is 9.59 Å². The second-order valence-electron chi connectivity index (χ2n) is 7.59. The van der Waals surface area contributed by atoms with Crippen molar-refractivity contribution in [1.82, 2.24) is 24.6 Å². The van der Waals surface area contributed by atoms with E-state index in [0.717, 1.165) is 35.5 Å². The summed E-state index contributed by atoms with van der Waals surface area (Å²) in [6, 6.07) is 3.93. The third-order valence-corrected chi connectivity index (χ3v) is 6.71. The van der Waals surface area contributed by atoms with Gasteiger partial charge in [0.25, 0.3) is 0 Å². The average molecular weight is 442 g/mol. The molecule has 4 heterocycles. The van der Waals surface area contributed by atoms with Crippen LogP contribution in [0.4, 0.5) is 11.6 Å². The number of rotatable bonds is 7. The standard InChI is InChI=1S/C21H27N7O2S/c1-3-15-13-16-20(22-14-23-21(16)31-15)28-11-9-27(10-12-28)19(30)6-4-5-18(29)25-17-7-8-24-26(17)2/h7-8,13-14H,3-6,9-12H2,1-2H3,(H,25,29). The van der Waals surface area contributed by atoms with E-state index in [1.54, 1.807) is 41.7 Å². The van der Waals surface area contributed by atoms with Crippen LogP contribution in [0.15, 0.2) is 24.7 Å². The summed E-state index contributed by atoms with van der Waals surface area (Å²) in [6.07, 6.45) is 5.47. The number of nitrogens with zero attached hydrogens (tertiary/aromatic N) is 6. The highest BCUT2D eigenvalue weighted by molar-refractivity contribution is 7.18. The number of aromatic nitrogens is 4. The summed E-state index contributed by atoms with van der Waals surface area (Å²) in [6.45, 7) is 4.96. The lowest BCUT2D eigenvalue weighted by atomic mass is 10.2. The highest BCUT2D eigenvalue weighted by Crippen LogP contribution is 2.31. The Hall–Kier alpha value is -3.01. The van der Waals surface area contributed by atoms with Crippen molar-refractivity contribution in [3.63, 3.8) is 0 Å². The van der Waals surface area contributed by atoms with Crippen LogP contribution in [0, 0.1) is 0 Å². The number of piperazine rings is 1. The van der Waals surface area contributed by atoms with Gasteiger partial charge in [0.2, 0.25) is 11.8 Å². The van der Waals surface area contributed by atoms with E-state index < -0.39 is 0 Å². The summed E-state index contributed by atoms with van der Waals surface area (Å²) < 4.78 is 1.60. The molecule has 4 rings (SSSR count). The van der Waals surface area contributed by atoms with Crippen LogP contribution >= 0.6 is 11.3 Å². The number of carbonyl (C=O) groups excluding carboxylic acids is 2. The molecule has 2 amide bonds. The topological polar surface area (TPSA) is 96.2 Å². The molecule has 1 aliphatic heterocycles. The molecule has 3 aromatic rings. The van der Waals surface area contributed by atoms with Gasteiger partial charge in [-0.2, -0.15) is 5.10 Å². The largest absolute Gasteiger partial charge is 0.352 e. The maximum Gasteiger partial charge on any atom is 0.225 e. The Labute approximate surface area is 185 Å². The van der Waals surface area contributed by atoms with Crippen LogP contribution in [0.3, 0.4) is 0 Å². The summed E-state index contributed by atoms with van der Waals surface area (Å²) >= 11 is 1.71. The van der Waals surface area contributed by atoms with Gasteiger partial charge in [0.05, 0.1) is 11.6 Å². The molecule has 0 unspecified atom stereocenters. The van der Waals surface area contributed by atoms with E-state index in [-0.39, 0.29) is 11.8 Å². The van der Waals surface area contributed by atoms with Crippen molar-refractivity contribution >= 4 is 45.0 Å². The zero-order valence-electron chi connectivity index (χ0n) is 17.9. The minimum atomic E-state index is -0.101. The summed E-state index contributed by atoms with van der Waals surface area (Å²) in [5.74, 6) is 1.61. The Morgan fingerprint density at radius 2 is 1.97 bits per heavy atom. The first kappa shape index (κ1) is 21.2. The van der Waals surface area contributed by atoms with Crippen LogP contribution in [0.5, 0.6) is 0 Å². The number of hydrogen-bond acceptors (Lipinski definition) is 7. The fourth-order valence-electron chi connectivity index (χ4n) is 3.75. The van der Waals surface area contributed by atoms with Gasteiger partial charge in [0.15, 0.2) is 0 Å². The van der Waals surface area contributed by atoms with Gasteiger partial charge in [-0.05, 0) is 18.9 Å². The second kappa shape index (κ2) is 9.42. The van der Waals surface area contributed by atoms with Crippen LogP contribution in [0.25, 0.3) is 10.2 Å². The normalized spacial score (nSPS) is 14.3. The minimum Gasteiger partial charge on any atom is -0.352 e. The smallest absolute Gasteiger partial charge is 0.225 e. The molecule has 0 aliphatic carbocycles. The van der Waals surface area contributed by atoms with E-state index in [1.807, 2.05) is 4.90 Å². The number of aryl methyl sites for hydroxylation is 2. The molecule has 0 bridgehead atoms. The molecule has 0 aromatic carbocycles. The fraction of sp³-hybridized carbons (Fsp3) is 0.476. The van der Waals surface area contributed by atoms with E-state index in [1.165, 1.54) is 4.88 Å². The number of anilines is 2. The van der Waals surface area contributed by atoms with E-state index >= 15 is 0 Å². The molecule has 1 fully saturated rings. The SMILES string of the molecule is CCc1cc2c(N3CCN(C(=O)CCCC(=O)Nc4ccnn4C)CC3)ncnc2s1. The van der Waals surface area contributed by atoms with Crippen molar-refractivity contribution in [3.05, 3.63) is 29.5 Å². The van der Waals surface area contributed by atoms with Gasteiger partial charge in [0.1, 0.15) is 22.8 Å². The van der Waals surface area contributed by atoms with Gasteiger partial charge in [-0.25, -0.2) is 9.97 Å². The molecule has 10 heteroatoms. The molecule has 1 aliphatic rings. The summed E-state index contributed by atoms with van der Waals surface area (Å²) in [4.78, 5) is 40.0. The average Bonchev–Trinajstić information content (AvgIpc) is 3.39. The van der Waals surface area contributed by atoms with E-state index in [4.69, 9.17) is 0 Å². The number of thiophene rings is 1. The monoisotopic (exact) mass is 441 g/mol. The molecule has 1 N–H and O–H groups in total. The predicted molar refractivity (Wildman–Crippen MR) is 121 cm³/mol. The van der Waals surface area contributed by atoms with E-state index in [0.29, 0.717) is 38.2 Å². The molecule has 9 nitrogen and oxygen atoms in total. The minimum absolute atomic E-state index is 0.101. The molecular weight excluding hydrogens is 414 g/mol.